The van der Waals surface area contributed by atoms with Gasteiger partial charge in [-0.3, -0.25) is 4.99 Å². The molecule has 1 aromatic heterocycles. The Labute approximate surface area is 140 Å². The molecule has 0 saturated heterocycles. The summed E-state index contributed by atoms with van der Waals surface area (Å²) in [7, 11) is 0. The summed E-state index contributed by atoms with van der Waals surface area (Å²) in [5, 5.41) is 10.6. The van der Waals surface area contributed by atoms with Crippen molar-refractivity contribution in [1.29, 1.82) is 0 Å². The molecule has 23 heavy (non-hydrogen) atoms. The highest BCUT2D eigenvalue weighted by atomic mass is 16.5. The van der Waals surface area contributed by atoms with E-state index in [1.54, 1.807) is 0 Å². The fourth-order valence-corrected chi connectivity index (χ4v) is 2.21. The molecule has 6 nitrogen and oxygen atoms in total. The maximum absolute atomic E-state index is 5.54. The van der Waals surface area contributed by atoms with E-state index in [0.717, 1.165) is 69.5 Å². The highest BCUT2D eigenvalue weighted by Gasteiger charge is 2.08. The molecule has 0 radical (unpaired) electrons. The van der Waals surface area contributed by atoms with Crippen LogP contribution in [0.4, 0.5) is 0 Å². The summed E-state index contributed by atoms with van der Waals surface area (Å²) in [4.78, 5) is 4.57. The third-order valence-electron chi connectivity index (χ3n) is 3.55. The van der Waals surface area contributed by atoms with Crippen LogP contribution in [-0.4, -0.2) is 44.0 Å². The second-order valence-electron chi connectivity index (χ2n) is 5.56. The van der Waals surface area contributed by atoms with Crippen LogP contribution in [0.2, 0.25) is 0 Å². The van der Waals surface area contributed by atoms with Crippen molar-refractivity contribution >= 4 is 5.96 Å². The van der Waals surface area contributed by atoms with Gasteiger partial charge in [0.05, 0.1) is 5.69 Å². The van der Waals surface area contributed by atoms with Gasteiger partial charge in [0, 0.05) is 38.4 Å². The Morgan fingerprint density at radius 3 is 2.61 bits per heavy atom. The summed E-state index contributed by atoms with van der Waals surface area (Å²) >= 11 is 0. The zero-order chi connectivity index (χ0) is 16.9. The Morgan fingerprint density at radius 1 is 1.17 bits per heavy atom. The summed E-state index contributed by atoms with van der Waals surface area (Å²) in [6.07, 6.45) is 4.14. The second-order valence-corrected chi connectivity index (χ2v) is 5.56. The molecular formula is C17H32N4O2. The highest BCUT2D eigenvalue weighted by molar-refractivity contribution is 5.79. The minimum Gasteiger partial charge on any atom is -0.381 e. The lowest BCUT2D eigenvalue weighted by atomic mass is 10.1. The van der Waals surface area contributed by atoms with Crippen molar-refractivity contribution < 1.29 is 9.26 Å². The lowest BCUT2D eigenvalue weighted by molar-refractivity contribution is 0.130. The number of guanidine groups is 1. The van der Waals surface area contributed by atoms with Gasteiger partial charge in [-0.05, 0) is 40.0 Å². The van der Waals surface area contributed by atoms with Crippen molar-refractivity contribution in [3.8, 4) is 0 Å². The molecule has 0 fully saturated rings. The van der Waals surface area contributed by atoms with Crippen LogP contribution in [0, 0.1) is 13.8 Å². The van der Waals surface area contributed by atoms with Crippen molar-refractivity contribution in [2.75, 3.05) is 32.8 Å². The molecule has 2 N–H and O–H groups in total. The van der Waals surface area contributed by atoms with E-state index in [9.17, 15) is 0 Å². The van der Waals surface area contributed by atoms with Gasteiger partial charge in [0.25, 0.3) is 0 Å². The van der Waals surface area contributed by atoms with E-state index in [1.165, 1.54) is 12.0 Å². The van der Waals surface area contributed by atoms with Gasteiger partial charge in [-0.15, -0.1) is 0 Å². The van der Waals surface area contributed by atoms with Gasteiger partial charge in [0.1, 0.15) is 5.76 Å². The molecule has 1 heterocycles. The first-order valence-corrected chi connectivity index (χ1v) is 8.70. The van der Waals surface area contributed by atoms with Crippen LogP contribution in [0.5, 0.6) is 0 Å². The number of aliphatic imine (C=N–C) groups is 1. The third-order valence-corrected chi connectivity index (χ3v) is 3.55. The third kappa shape index (κ3) is 8.02. The van der Waals surface area contributed by atoms with Crippen LogP contribution < -0.4 is 10.6 Å². The fraction of sp³-hybridized carbons (Fsp3) is 0.765. The molecule has 6 heteroatoms. The van der Waals surface area contributed by atoms with Crippen molar-refractivity contribution in [2.24, 2.45) is 4.99 Å². The predicted octanol–water partition coefficient (Wildman–Crippen LogP) is 2.60. The zero-order valence-corrected chi connectivity index (χ0v) is 15.1. The zero-order valence-electron chi connectivity index (χ0n) is 15.1. The quantitative estimate of drug-likeness (QED) is 0.372. The monoisotopic (exact) mass is 324 g/mol. The fourth-order valence-electron chi connectivity index (χ4n) is 2.21. The lowest BCUT2D eigenvalue weighted by Crippen LogP contribution is -2.38. The first-order chi connectivity index (χ1) is 11.2. The summed E-state index contributed by atoms with van der Waals surface area (Å²) in [5.41, 5.74) is 2.15. The number of nitrogens with one attached hydrogen (secondary N) is 2. The Morgan fingerprint density at radius 2 is 1.96 bits per heavy atom. The first kappa shape index (κ1) is 19.5. The van der Waals surface area contributed by atoms with Gasteiger partial charge in [-0.2, -0.15) is 0 Å². The van der Waals surface area contributed by atoms with E-state index in [0.29, 0.717) is 0 Å². The SMILES string of the molecule is CCCCOCCCN=C(NCC)NCCc1c(C)noc1C. The van der Waals surface area contributed by atoms with Crippen LogP contribution >= 0.6 is 0 Å². The van der Waals surface area contributed by atoms with Gasteiger partial charge in [-0.1, -0.05) is 18.5 Å². The molecule has 0 aliphatic carbocycles. The average molecular weight is 324 g/mol. The molecule has 0 amide bonds. The van der Waals surface area contributed by atoms with Gasteiger partial charge < -0.3 is 19.9 Å². The van der Waals surface area contributed by atoms with Gasteiger partial charge >= 0.3 is 0 Å². The number of ether oxygens (including phenoxy) is 1. The molecule has 0 unspecified atom stereocenters. The smallest absolute Gasteiger partial charge is 0.191 e. The van der Waals surface area contributed by atoms with Crippen molar-refractivity contribution in [3.05, 3.63) is 17.0 Å². The van der Waals surface area contributed by atoms with Crippen LogP contribution in [0.1, 0.15) is 50.1 Å². The summed E-state index contributed by atoms with van der Waals surface area (Å²) in [6, 6.07) is 0. The molecular weight excluding hydrogens is 292 g/mol. The summed E-state index contributed by atoms with van der Waals surface area (Å²) < 4.78 is 10.7. The van der Waals surface area contributed by atoms with E-state index in [-0.39, 0.29) is 0 Å². The van der Waals surface area contributed by atoms with Gasteiger partial charge in [0.15, 0.2) is 5.96 Å². The van der Waals surface area contributed by atoms with Gasteiger partial charge in [0.2, 0.25) is 0 Å². The van der Waals surface area contributed by atoms with Crippen molar-refractivity contribution in [1.82, 2.24) is 15.8 Å². The molecule has 0 bridgehead atoms. The van der Waals surface area contributed by atoms with E-state index in [2.05, 4.69) is 34.6 Å². The maximum Gasteiger partial charge on any atom is 0.191 e. The van der Waals surface area contributed by atoms with Crippen LogP contribution in [0.15, 0.2) is 9.52 Å². The lowest BCUT2D eigenvalue weighted by Gasteiger charge is -2.11. The number of rotatable bonds is 11. The normalized spacial score (nSPS) is 11.7. The Kier molecular flexibility index (Phi) is 10.1. The molecule has 0 aliphatic rings. The van der Waals surface area contributed by atoms with E-state index in [1.807, 2.05) is 13.8 Å². The molecule has 1 rings (SSSR count). The number of nitrogens with zero attached hydrogens (tertiary/aromatic N) is 2. The minimum atomic E-state index is 0.771. The number of aryl methyl sites for hydroxylation is 2. The van der Waals surface area contributed by atoms with Crippen LogP contribution in [0.25, 0.3) is 0 Å². The Hall–Kier alpha value is -1.56. The molecule has 1 aromatic rings. The van der Waals surface area contributed by atoms with E-state index < -0.39 is 0 Å². The molecule has 0 atom stereocenters. The number of hydrogen-bond donors (Lipinski definition) is 2. The standard InChI is InChI=1S/C17H32N4O2/c1-5-7-12-22-13-8-10-19-17(18-6-2)20-11-9-16-14(3)21-23-15(16)4/h5-13H2,1-4H3,(H2,18,19,20). The molecule has 0 aromatic carbocycles. The highest BCUT2D eigenvalue weighted by Crippen LogP contribution is 2.11. The van der Waals surface area contributed by atoms with Crippen LogP contribution in [-0.2, 0) is 11.2 Å². The molecule has 0 spiro atoms. The second kappa shape index (κ2) is 11.9. The molecule has 0 aliphatic heterocycles. The van der Waals surface area contributed by atoms with E-state index in [4.69, 9.17) is 9.26 Å². The van der Waals surface area contributed by atoms with E-state index >= 15 is 0 Å². The predicted molar refractivity (Wildman–Crippen MR) is 94.0 cm³/mol. The van der Waals surface area contributed by atoms with Crippen LogP contribution in [0.3, 0.4) is 0 Å². The summed E-state index contributed by atoms with van der Waals surface area (Å²) in [5.74, 6) is 1.75. The number of unbranched alkanes of at least 4 members (excludes halogenated alkanes) is 1. The Bertz CT molecular complexity index is 438. The maximum atomic E-state index is 5.54. The Balaban J connectivity index is 2.26. The topological polar surface area (TPSA) is 71.7 Å². The van der Waals surface area contributed by atoms with Crippen molar-refractivity contribution in [3.63, 3.8) is 0 Å². The number of hydrogen-bond acceptors (Lipinski definition) is 4. The minimum absolute atomic E-state index is 0.771. The average Bonchev–Trinajstić information content (AvgIpc) is 2.85. The molecule has 132 valence electrons. The van der Waals surface area contributed by atoms with Crippen molar-refractivity contribution in [2.45, 2.75) is 53.4 Å². The van der Waals surface area contributed by atoms with Gasteiger partial charge in [-0.25, -0.2) is 0 Å². The molecule has 0 saturated carbocycles. The first-order valence-electron chi connectivity index (χ1n) is 8.70. The largest absolute Gasteiger partial charge is 0.381 e. The summed E-state index contributed by atoms with van der Waals surface area (Å²) in [6.45, 7) is 12.2. The number of aromatic nitrogens is 1.